The van der Waals surface area contributed by atoms with Crippen molar-refractivity contribution in [1.82, 2.24) is 10.3 Å². The molecule has 0 spiro atoms. The Labute approximate surface area is 122 Å². The number of anilines is 1. The van der Waals surface area contributed by atoms with E-state index in [9.17, 15) is 9.59 Å². The van der Waals surface area contributed by atoms with Gasteiger partial charge in [0.2, 0.25) is 11.8 Å². The molecule has 6 nitrogen and oxygen atoms in total. The Balaban J connectivity index is 1.96. The number of benzene rings is 1. The molecule has 2 N–H and O–H groups in total. The summed E-state index contributed by atoms with van der Waals surface area (Å²) in [5.74, 6) is 0.123. The molecule has 1 heterocycles. The number of amides is 2. The first kappa shape index (κ1) is 15.0. The second-order valence-electron chi connectivity index (χ2n) is 5.90. The van der Waals surface area contributed by atoms with Gasteiger partial charge in [-0.3, -0.25) is 9.59 Å². The van der Waals surface area contributed by atoms with Gasteiger partial charge in [-0.1, -0.05) is 20.8 Å². The smallest absolute Gasteiger partial charge is 0.243 e. The van der Waals surface area contributed by atoms with Crippen LogP contribution in [0.3, 0.4) is 0 Å². The zero-order valence-electron chi connectivity index (χ0n) is 12.6. The molecule has 6 heteroatoms. The maximum absolute atomic E-state index is 11.8. The number of carbonyl (C=O) groups excluding carboxylic acids is 2. The summed E-state index contributed by atoms with van der Waals surface area (Å²) in [6, 6.07) is 5.21. The molecule has 0 fully saturated rings. The Hall–Kier alpha value is -2.37. The molecule has 2 aromatic rings. The van der Waals surface area contributed by atoms with Crippen LogP contribution in [0.4, 0.5) is 5.69 Å². The molecule has 1 aromatic heterocycles. The third-order valence-electron chi connectivity index (χ3n) is 2.87. The average Bonchev–Trinajstić information content (AvgIpc) is 2.74. The second kappa shape index (κ2) is 5.55. The van der Waals surface area contributed by atoms with Crippen LogP contribution < -0.4 is 10.6 Å². The molecule has 0 radical (unpaired) electrons. The first-order chi connectivity index (χ1) is 9.75. The lowest BCUT2D eigenvalue weighted by molar-refractivity contribution is -0.130. The summed E-state index contributed by atoms with van der Waals surface area (Å²) in [5.41, 5.74) is 1.46. The molecule has 1 aromatic carbocycles. The van der Waals surface area contributed by atoms with Crippen molar-refractivity contribution in [3.05, 3.63) is 24.1 Å². The molecular weight excluding hydrogens is 270 g/mol. The monoisotopic (exact) mass is 289 g/mol. The van der Waals surface area contributed by atoms with Crippen LogP contribution in [0.5, 0.6) is 0 Å². The number of nitrogens with one attached hydrogen (secondary N) is 2. The summed E-state index contributed by atoms with van der Waals surface area (Å²) < 4.78 is 5.36. The molecule has 21 heavy (non-hydrogen) atoms. The molecule has 0 unspecified atom stereocenters. The topological polar surface area (TPSA) is 84.2 Å². The van der Waals surface area contributed by atoms with Crippen LogP contribution in [0.15, 0.2) is 22.6 Å². The molecule has 2 rings (SSSR count). The van der Waals surface area contributed by atoms with Crippen LogP contribution in [0.1, 0.15) is 26.7 Å². The molecular formula is C15H19N3O3. The van der Waals surface area contributed by atoms with Crippen LogP contribution in [0.25, 0.3) is 11.1 Å². The van der Waals surface area contributed by atoms with Gasteiger partial charge in [0.05, 0.1) is 6.54 Å². The van der Waals surface area contributed by atoms with E-state index in [1.165, 1.54) is 0 Å². The number of nitrogens with zero attached hydrogens (tertiary/aromatic N) is 1. The molecule has 0 aliphatic rings. The number of hydrogen-bond acceptors (Lipinski definition) is 4. The van der Waals surface area contributed by atoms with Crippen LogP contribution in [0, 0.1) is 12.3 Å². The van der Waals surface area contributed by atoms with Gasteiger partial charge in [-0.2, -0.15) is 0 Å². The maximum Gasteiger partial charge on any atom is 0.243 e. The van der Waals surface area contributed by atoms with Gasteiger partial charge in [-0.05, 0) is 18.2 Å². The van der Waals surface area contributed by atoms with Crippen molar-refractivity contribution < 1.29 is 14.0 Å². The molecule has 0 saturated heterocycles. The summed E-state index contributed by atoms with van der Waals surface area (Å²) in [6.07, 6.45) is 0. The van der Waals surface area contributed by atoms with E-state index in [1.807, 2.05) is 0 Å². The average molecular weight is 289 g/mol. The highest BCUT2D eigenvalue weighted by atomic mass is 16.3. The molecule has 0 aliphatic carbocycles. The fourth-order valence-corrected chi connectivity index (χ4v) is 1.75. The minimum atomic E-state index is -0.516. The number of hydrogen-bond donors (Lipinski definition) is 2. The first-order valence-corrected chi connectivity index (χ1v) is 6.71. The SMILES string of the molecule is Cc1nc2cc(NC(=O)CNC(=O)C(C)(C)C)ccc2o1. The Morgan fingerprint density at radius 2 is 2.00 bits per heavy atom. The third-order valence-corrected chi connectivity index (χ3v) is 2.87. The molecule has 112 valence electrons. The molecule has 2 amide bonds. The highest BCUT2D eigenvalue weighted by molar-refractivity contribution is 5.96. The van der Waals surface area contributed by atoms with E-state index in [2.05, 4.69) is 15.6 Å². The van der Waals surface area contributed by atoms with Gasteiger partial charge in [0, 0.05) is 18.0 Å². The molecule has 0 bridgehead atoms. The highest BCUT2D eigenvalue weighted by Crippen LogP contribution is 2.19. The largest absolute Gasteiger partial charge is 0.441 e. The minimum Gasteiger partial charge on any atom is -0.441 e. The van der Waals surface area contributed by atoms with E-state index in [0.29, 0.717) is 22.7 Å². The van der Waals surface area contributed by atoms with Gasteiger partial charge in [0.15, 0.2) is 11.5 Å². The van der Waals surface area contributed by atoms with Gasteiger partial charge in [-0.25, -0.2) is 4.98 Å². The standard InChI is InChI=1S/C15H19N3O3/c1-9-17-11-7-10(5-6-12(11)21-9)18-13(19)8-16-14(20)15(2,3)4/h5-7H,8H2,1-4H3,(H,16,20)(H,18,19). The van der Waals surface area contributed by atoms with Gasteiger partial charge in [0.25, 0.3) is 0 Å². The van der Waals surface area contributed by atoms with Crippen molar-refractivity contribution in [2.24, 2.45) is 5.41 Å². The van der Waals surface area contributed by atoms with Crippen molar-refractivity contribution in [3.63, 3.8) is 0 Å². The van der Waals surface area contributed by atoms with Gasteiger partial charge in [-0.15, -0.1) is 0 Å². The fourth-order valence-electron chi connectivity index (χ4n) is 1.75. The zero-order valence-corrected chi connectivity index (χ0v) is 12.6. The van der Waals surface area contributed by atoms with E-state index >= 15 is 0 Å². The van der Waals surface area contributed by atoms with Gasteiger partial charge >= 0.3 is 0 Å². The summed E-state index contributed by atoms with van der Waals surface area (Å²) in [5, 5.41) is 5.31. The number of carbonyl (C=O) groups is 2. The van der Waals surface area contributed by atoms with Crippen LogP contribution in [0.2, 0.25) is 0 Å². The zero-order chi connectivity index (χ0) is 15.6. The van der Waals surface area contributed by atoms with E-state index in [1.54, 1.807) is 45.9 Å². The van der Waals surface area contributed by atoms with E-state index in [4.69, 9.17) is 4.42 Å². The fraction of sp³-hybridized carbons (Fsp3) is 0.400. The third kappa shape index (κ3) is 3.81. The second-order valence-corrected chi connectivity index (χ2v) is 5.90. The van der Waals surface area contributed by atoms with Gasteiger partial charge in [0.1, 0.15) is 5.52 Å². The van der Waals surface area contributed by atoms with Gasteiger partial charge < -0.3 is 15.1 Å². The van der Waals surface area contributed by atoms with Crippen molar-refractivity contribution in [2.75, 3.05) is 11.9 Å². The Morgan fingerprint density at radius 1 is 1.29 bits per heavy atom. The number of oxazole rings is 1. The number of aryl methyl sites for hydroxylation is 1. The van der Waals surface area contributed by atoms with Crippen molar-refractivity contribution in [1.29, 1.82) is 0 Å². The predicted molar refractivity (Wildman–Crippen MR) is 79.8 cm³/mol. The summed E-state index contributed by atoms with van der Waals surface area (Å²) >= 11 is 0. The predicted octanol–water partition coefficient (Wildman–Crippen LogP) is 2.24. The lowest BCUT2D eigenvalue weighted by Crippen LogP contribution is -2.39. The van der Waals surface area contributed by atoms with Crippen LogP contribution in [-0.2, 0) is 9.59 Å². The Bertz CT molecular complexity index is 683. The minimum absolute atomic E-state index is 0.0635. The molecule has 0 atom stereocenters. The lowest BCUT2D eigenvalue weighted by Gasteiger charge is -2.17. The van der Waals surface area contributed by atoms with Crippen LogP contribution >= 0.6 is 0 Å². The van der Waals surface area contributed by atoms with E-state index < -0.39 is 5.41 Å². The number of fused-ring (bicyclic) bond motifs is 1. The summed E-state index contributed by atoms with van der Waals surface area (Å²) in [7, 11) is 0. The molecule has 0 aliphatic heterocycles. The highest BCUT2D eigenvalue weighted by Gasteiger charge is 2.21. The van der Waals surface area contributed by atoms with Crippen molar-refractivity contribution in [2.45, 2.75) is 27.7 Å². The first-order valence-electron chi connectivity index (χ1n) is 6.71. The number of aromatic nitrogens is 1. The van der Waals surface area contributed by atoms with Crippen LogP contribution in [-0.4, -0.2) is 23.3 Å². The Kier molecular flexibility index (Phi) is 3.97. The van der Waals surface area contributed by atoms with Crippen molar-refractivity contribution in [3.8, 4) is 0 Å². The van der Waals surface area contributed by atoms with Crippen molar-refractivity contribution >= 4 is 28.6 Å². The lowest BCUT2D eigenvalue weighted by atomic mass is 9.96. The Morgan fingerprint density at radius 3 is 2.67 bits per heavy atom. The molecule has 0 saturated carbocycles. The van der Waals surface area contributed by atoms with E-state index in [-0.39, 0.29) is 18.4 Å². The summed E-state index contributed by atoms with van der Waals surface area (Å²) in [4.78, 5) is 27.7. The van der Waals surface area contributed by atoms with E-state index in [0.717, 1.165) is 0 Å². The summed E-state index contributed by atoms with van der Waals surface area (Å²) in [6.45, 7) is 7.08. The quantitative estimate of drug-likeness (QED) is 0.907. The normalized spacial score (nSPS) is 11.4. The number of rotatable bonds is 3. The maximum atomic E-state index is 11.8.